The SMILES string of the molecule is CC(O)C1CCN(Cc2sc(N(C)C)nc2-c2ccccc2)CC1. The summed E-state index contributed by atoms with van der Waals surface area (Å²) in [6, 6.07) is 10.5. The van der Waals surface area contributed by atoms with Crippen LogP contribution in [0.4, 0.5) is 5.13 Å². The number of anilines is 1. The van der Waals surface area contributed by atoms with E-state index < -0.39 is 0 Å². The number of nitrogens with zero attached hydrogens (tertiary/aromatic N) is 3. The normalized spacial score (nSPS) is 17.8. The first-order valence-corrected chi connectivity index (χ1v) is 9.49. The van der Waals surface area contributed by atoms with E-state index in [4.69, 9.17) is 4.98 Å². The Kier molecular flexibility index (Phi) is 5.54. The molecule has 0 aliphatic carbocycles. The molecule has 1 aliphatic rings. The van der Waals surface area contributed by atoms with Crippen molar-refractivity contribution in [1.82, 2.24) is 9.88 Å². The topological polar surface area (TPSA) is 39.6 Å². The maximum atomic E-state index is 9.78. The van der Waals surface area contributed by atoms with Gasteiger partial charge >= 0.3 is 0 Å². The summed E-state index contributed by atoms with van der Waals surface area (Å²) >= 11 is 1.79. The highest BCUT2D eigenvalue weighted by atomic mass is 32.1. The third-order valence-corrected chi connectivity index (χ3v) is 6.01. The molecule has 0 bridgehead atoms. The molecule has 4 nitrogen and oxygen atoms in total. The molecule has 130 valence electrons. The first kappa shape index (κ1) is 17.4. The fraction of sp³-hybridized carbons (Fsp3) is 0.526. The van der Waals surface area contributed by atoms with Crippen LogP contribution in [0.1, 0.15) is 24.6 Å². The minimum Gasteiger partial charge on any atom is -0.393 e. The lowest BCUT2D eigenvalue weighted by molar-refractivity contribution is 0.0699. The predicted molar refractivity (Wildman–Crippen MR) is 102 cm³/mol. The molecular formula is C19H27N3OS. The Balaban J connectivity index is 1.78. The molecule has 1 fully saturated rings. The van der Waals surface area contributed by atoms with E-state index in [2.05, 4.69) is 34.1 Å². The van der Waals surface area contributed by atoms with Crippen molar-refractivity contribution in [3.8, 4) is 11.3 Å². The van der Waals surface area contributed by atoms with Gasteiger partial charge in [-0.25, -0.2) is 4.98 Å². The fourth-order valence-corrected chi connectivity index (χ4v) is 4.30. The van der Waals surface area contributed by atoms with E-state index >= 15 is 0 Å². The summed E-state index contributed by atoms with van der Waals surface area (Å²) in [5.74, 6) is 0.452. The molecule has 1 aromatic carbocycles. The summed E-state index contributed by atoms with van der Waals surface area (Å²) in [6.07, 6.45) is 1.98. The number of piperidine rings is 1. The van der Waals surface area contributed by atoms with Crippen LogP contribution in [0.15, 0.2) is 30.3 Å². The lowest BCUT2D eigenvalue weighted by atomic mass is 9.92. The average molecular weight is 346 g/mol. The van der Waals surface area contributed by atoms with Gasteiger partial charge < -0.3 is 10.0 Å². The first-order valence-electron chi connectivity index (χ1n) is 8.67. The quantitative estimate of drug-likeness (QED) is 0.901. The van der Waals surface area contributed by atoms with Crippen LogP contribution in [0.5, 0.6) is 0 Å². The summed E-state index contributed by atoms with van der Waals surface area (Å²) in [4.78, 5) is 10.8. The molecule has 1 aromatic heterocycles. The van der Waals surface area contributed by atoms with Crippen molar-refractivity contribution in [1.29, 1.82) is 0 Å². The van der Waals surface area contributed by atoms with Crippen molar-refractivity contribution in [3.05, 3.63) is 35.2 Å². The summed E-state index contributed by atoms with van der Waals surface area (Å²) in [6.45, 7) is 4.97. The van der Waals surface area contributed by atoms with Crippen LogP contribution in [0.3, 0.4) is 0 Å². The van der Waals surface area contributed by atoms with Gasteiger partial charge in [0.1, 0.15) is 0 Å². The molecule has 24 heavy (non-hydrogen) atoms. The zero-order valence-electron chi connectivity index (χ0n) is 14.8. The number of aliphatic hydroxyl groups is 1. The van der Waals surface area contributed by atoms with Crippen LogP contribution in [0.2, 0.25) is 0 Å². The molecule has 0 amide bonds. The van der Waals surface area contributed by atoms with Gasteiger partial charge in [-0.3, -0.25) is 4.90 Å². The van der Waals surface area contributed by atoms with E-state index in [9.17, 15) is 5.11 Å². The van der Waals surface area contributed by atoms with Crippen LogP contribution in [-0.2, 0) is 6.54 Å². The second-order valence-corrected chi connectivity index (χ2v) is 7.94. The number of hydrogen-bond donors (Lipinski definition) is 1. The van der Waals surface area contributed by atoms with Gasteiger partial charge in [0.05, 0.1) is 11.8 Å². The van der Waals surface area contributed by atoms with Crippen molar-refractivity contribution in [2.45, 2.75) is 32.4 Å². The molecule has 1 N–H and O–H groups in total. The summed E-state index contributed by atoms with van der Waals surface area (Å²) in [7, 11) is 4.09. The van der Waals surface area contributed by atoms with Crippen molar-refractivity contribution in [2.24, 2.45) is 5.92 Å². The van der Waals surface area contributed by atoms with Crippen LogP contribution in [0.25, 0.3) is 11.3 Å². The number of rotatable bonds is 5. The van der Waals surface area contributed by atoms with Crippen LogP contribution in [0, 0.1) is 5.92 Å². The monoisotopic (exact) mass is 345 g/mol. The molecule has 1 atom stereocenters. The number of hydrogen-bond acceptors (Lipinski definition) is 5. The standard InChI is InChI=1S/C19H27N3OS/c1-14(23)15-9-11-22(12-10-15)13-17-18(16-7-5-4-6-8-16)20-19(24-17)21(2)3/h4-8,14-15,23H,9-13H2,1-3H3. The number of likely N-dealkylation sites (tertiary alicyclic amines) is 1. The molecule has 5 heteroatoms. The van der Waals surface area contributed by atoms with Crippen molar-refractivity contribution < 1.29 is 5.11 Å². The van der Waals surface area contributed by atoms with E-state index in [0.717, 1.165) is 43.3 Å². The van der Waals surface area contributed by atoms with Crippen LogP contribution in [-0.4, -0.2) is 48.3 Å². The Hall–Kier alpha value is -1.43. The highest BCUT2D eigenvalue weighted by Gasteiger charge is 2.24. The van der Waals surface area contributed by atoms with E-state index in [-0.39, 0.29) is 6.10 Å². The highest BCUT2D eigenvalue weighted by Crippen LogP contribution is 2.34. The lowest BCUT2D eigenvalue weighted by Crippen LogP contribution is -2.36. The first-order chi connectivity index (χ1) is 11.5. The Bertz CT molecular complexity index is 646. The van der Waals surface area contributed by atoms with Gasteiger partial charge in [-0.15, -0.1) is 0 Å². The largest absolute Gasteiger partial charge is 0.393 e. The Morgan fingerprint density at radius 3 is 2.50 bits per heavy atom. The Morgan fingerprint density at radius 1 is 1.25 bits per heavy atom. The van der Waals surface area contributed by atoms with E-state index in [0.29, 0.717) is 5.92 Å². The van der Waals surface area contributed by atoms with Crippen molar-refractivity contribution in [3.63, 3.8) is 0 Å². The number of aromatic nitrogens is 1. The van der Waals surface area contributed by atoms with Crippen LogP contribution >= 0.6 is 11.3 Å². The summed E-state index contributed by atoms with van der Waals surface area (Å²) in [5.41, 5.74) is 2.30. The van der Waals surface area contributed by atoms with Gasteiger partial charge in [0.25, 0.3) is 0 Å². The van der Waals surface area contributed by atoms with Gasteiger partial charge in [-0.05, 0) is 38.8 Å². The molecule has 2 heterocycles. The van der Waals surface area contributed by atoms with E-state index in [1.54, 1.807) is 11.3 Å². The molecule has 1 saturated heterocycles. The molecule has 3 rings (SSSR count). The summed E-state index contributed by atoms with van der Waals surface area (Å²) in [5, 5.41) is 10.8. The number of benzene rings is 1. The minimum absolute atomic E-state index is 0.184. The zero-order valence-corrected chi connectivity index (χ0v) is 15.6. The second kappa shape index (κ2) is 7.64. The molecule has 0 saturated carbocycles. The smallest absolute Gasteiger partial charge is 0.185 e. The molecule has 1 unspecified atom stereocenters. The van der Waals surface area contributed by atoms with Crippen molar-refractivity contribution >= 4 is 16.5 Å². The zero-order chi connectivity index (χ0) is 17.1. The summed E-state index contributed by atoms with van der Waals surface area (Å²) < 4.78 is 0. The molecule has 0 spiro atoms. The van der Waals surface area contributed by atoms with Crippen molar-refractivity contribution in [2.75, 3.05) is 32.1 Å². The van der Waals surface area contributed by atoms with E-state index in [1.165, 1.54) is 10.4 Å². The van der Waals surface area contributed by atoms with Crippen LogP contribution < -0.4 is 4.90 Å². The van der Waals surface area contributed by atoms with Gasteiger partial charge in [-0.1, -0.05) is 41.7 Å². The highest BCUT2D eigenvalue weighted by molar-refractivity contribution is 7.16. The van der Waals surface area contributed by atoms with Gasteiger partial charge in [0, 0.05) is 31.1 Å². The lowest BCUT2D eigenvalue weighted by Gasteiger charge is -2.33. The third-order valence-electron chi connectivity index (χ3n) is 4.80. The Labute approximate surface area is 148 Å². The maximum Gasteiger partial charge on any atom is 0.185 e. The van der Waals surface area contributed by atoms with Gasteiger partial charge in [-0.2, -0.15) is 0 Å². The molecule has 1 aliphatic heterocycles. The van der Waals surface area contributed by atoms with Gasteiger partial charge in [0.15, 0.2) is 5.13 Å². The minimum atomic E-state index is -0.184. The number of aliphatic hydroxyl groups excluding tert-OH is 1. The number of thiazole rings is 1. The molecule has 2 aromatic rings. The third kappa shape index (κ3) is 3.97. The molecular weight excluding hydrogens is 318 g/mol. The molecule has 0 radical (unpaired) electrons. The second-order valence-electron chi connectivity index (χ2n) is 6.88. The predicted octanol–water partition coefficient (Wildman–Crippen LogP) is 3.47. The fourth-order valence-electron chi connectivity index (χ4n) is 3.26. The van der Waals surface area contributed by atoms with E-state index in [1.807, 2.05) is 27.1 Å². The maximum absolute atomic E-state index is 9.78. The van der Waals surface area contributed by atoms with Gasteiger partial charge in [0.2, 0.25) is 0 Å². The Morgan fingerprint density at radius 2 is 1.92 bits per heavy atom. The average Bonchev–Trinajstić information content (AvgIpc) is 3.00.